The van der Waals surface area contributed by atoms with E-state index in [2.05, 4.69) is 27.1 Å². The molecule has 0 radical (unpaired) electrons. The van der Waals surface area contributed by atoms with Gasteiger partial charge in [-0.3, -0.25) is 4.79 Å². The van der Waals surface area contributed by atoms with Crippen molar-refractivity contribution < 1.29 is 13.9 Å². The summed E-state index contributed by atoms with van der Waals surface area (Å²) in [6.07, 6.45) is 1.25. The molecule has 2 aliphatic heterocycles. The fourth-order valence-electron chi connectivity index (χ4n) is 4.38. The lowest BCUT2D eigenvalue weighted by Crippen LogP contribution is -2.45. The maximum absolute atomic E-state index is 14.9. The third-order valence-corrected chi connectivity index (χ3v) is 6.07. The quantitative estimate of drug-likeness (QED) is 0.810. The first kappa shape index (κ1) is 19.8. The minimum Gasteiger partial charge on any atom is -0.481 e. The van der Waals surface area contributed by atoms with Crippen LogP contribution in [0.15, 0.2) is 36.4 Å². The number of nitrogens with zero attached hydrogens (tertiary/aromatic N) is 3. The van der Waals surface area contributed by atoms with E-state index in [1.54, 1.807) is 30.3 Å². The molecular weight excluding hydrogens is 371 g/mol. The normalized spacial score (nSPS) is 22.4. The first-order valence-corrected chi connectivity index (χ1v) is 10.1. The van der Waals surface area contributed by atoms with Crippen molar-refractivity contribution in [3.63, 3.8) is 0 Å². The Hall–Kier alpha value is -2.51. The molecule has 0 spiro atoms. The van der Waals surface area contributed by atoms with E-state index in [1.165, 1.54) is 13.2 Å². The van der Waals surface area contributed by atoms with Crippen LogP contribution in [0.3, 0.4) is 0 Å². The number of hydrogen-bond donors (Lipinski definition) is 1. The van der Waals surface area contributed by atoms with Gasteiger partial charge >= 0.3 is 0 Å². The molecule has 6 nitrogen and oxygen atoms in total. The highest BCUT2D eigenvalue weighted by atomic mass is 19.1. The van der Waals surface area contributed by atoms with Crippen LogP contribution in [0.1, 0.15) is 24.1 Å². The Labute approximate surface area is 170 Å². The lowest BCUT2D eigenvalue weighted by Gasteiger charge is -2.33. The average molecular weight is 398 g/mol. The topological polar surface area (TPSA) is 57.7 Å². The van der Waals surface area contributed by atoms with Gasteiger partial charge in [0.2, 0.25) is 11.8 Å². The summed E-state index contributed by atoms with van der Waals surface area (Å²) in [4.78, 5) is 22.5. The fraction of sp³-hybridized carbons (Fsp3) is 0.455. The largest absolute Gasteiger partial charge is 0.481 e. The lowest BCUT2D eigenvalue weighted by molar-refractivity contribution is -0.120. The number of carbonyl (C=O) groups is 1. The summed E-state index contributed by atoms with van der Waals surface area (Å²) in [6, 6.07) is 10.0. The van der Waals surface area contributed by atoms with Crippen LogP contribution in [0.2, 0.25) is 0 Å². The number of piperazine rings is 1. The summed E-state index contributed by atoms with van der Waals surface area (Å²) in [5.74, 6) is -0.198. The molecule has 1 aromatic heterocycles. The summed E-state index contributed by atoms with van der Waals surface area (Å²) < 4.78 is 20.2. The van der Waals surface area contributed by atoms with Crippen LogP contribution in [0.25, 0.3) is 0 Å². The van der Waals surface area contributed by atoms with Crippen molar-refractivity contribution >= 4 is 11.6 Å². The molecule has 7 heteroatoms. The number of carbonyl (C=O) groups excluding carboxylic acids is 1. The molecule has 1 unspecified atom stereocenters. The molecule has 4 rings (SSSR count). The van der Waals surface area contributed by atoms with Gasteiger partial charge in [0.05, 0.1) is 18.5 Å². The summed E-state index contributed by atoms with van der Waals surface area (Å²) in [7, 11) is 3.67. The van der Waals surface area contributed by atoms with Crippen molar-refractivity contribution in [2.24, 2.45) is 0 Å². The second-order valence-corrected chi connectivity index (χ2v) is 7.84. The number of hydrogen-bond acceptors (Lipinski definition) is 5. The van der Waals surface area contributed by atoms with Gasteiger partial charge in [-0.2, -0.15) is 0 Å². The number of benzene rings is 1. The number of rotatable bonds is 6. The smallest absolute Gasteiger partial charge is 0.241 e. The van der Waals surface area contributed by atoms with Crippen LogP contribution in [0.4, 0.5) is 10.1 Å². The summed E-state index contributed by atoms with van der Waals surface area (Å²) >= 11 is 0. The van der Waals surface area contributed by atoms with Crippen molar-refractivity contribution in [1.29, 1.82) is 0 Å². The van der Waals surface area contributed by atoms with E-state index in [-0.39, 0.29) is 11.7 Å². The Morgan fingerprint density at radius 3 is 2.66 bits per heavy atom. The molecule has 154 valence electrons. The Bertz CT molecular complexity index is 898. The first-order chi connectivity index (χ1) is 14.0. The molecule has 1 atom stereocenters. The number of amides is 1. The zero-order valence-electron chi connectivity index (χ0n) is 16.9. The highest BCUT2D eigenvalue weighted by Gasteiger charge is 2.50. The van der Waals surface area contributed by atoms with Crippen LogP contribution < -0.4 is 10.1 Å². The third kappa shape index (κ3) is 3.60. The zero-order chi connectivity index (χ0) is 20.4. The predicted octanol–water partition coefficient (Wildman–Crippen LogP) is 2.50. The Morgan fingerprint density at radius 1 is 1.17 bits per heavy atom. The minimum absolute atomic E-state index is 0.225. The Kier molecular flexibility index (Phi) is 5.52. The van der Waals surface area contributed by atoms with Crippen molar-refractivity contribution in [2.75, 3.05) is 52.2 Å². The molecule has 3 heterocycles. The number of fused-ring (bicyclic) bond motifs is 1. The van der Waals surface area contributed by atoms with Gasteiger partial charge in [0.15, 0.2) is 0 Å². The van der Waals surface area contributed by atoms with Crippen molar-refractivity contribution in [1.82, 2.24) is 14.8 Å². The molecule has 1 saturated heterocycles. The monoisotopic (exact) mass is 398 g/mol. The van der Waals surface area contributed by atoms with Gasteiger partial charge in [0.25, 0.3) is 0 Å². The maximum Gasteiger partial charge on any atom is 0.241 e. The highest BCUT2D eigenvalue weighted by molar-refractivity contribution is 6.08. The van der Waals surface area contributed by atoms with E-state index in [1.807, 2.05) is 0 Å². The number of likely N-dealkylation sites (N-methyl/N-ethyl adjacent to an activating group) is 1. The maximum atomic E-state index is 14.9. The summed E-state index contributed by atoms with van der Waals surface area (Å²) in [5, 5.41) is 2.92. The second-order valence-electron chi connectivity index (χ2n) is 7.84. The zero-order valence-corrected chi connectivity index (χ0v) is 16.9. The first-order valence-electron chi connectivity index (χ1n) is 10.1. The third-order valence-electron chi connectivity index (χ3n) is 6.07. The van der Waals surface area contributed by atoms with Crippen molar-refractivity contribution in [2.45, 2.75) is 18.3 Å². The molecule has 1 N–H and O–H groups in total. The summed E-state index contributed by atoms with van der Waals surface area (Å²) in [5.41, 5.74) is 0.390. The van der Waals surface area contributed by atoms with E-state index in [9.17, 15) is 9.18 Å². The fourth-order valence-corrected chi connectivity index (χ4v) is 4.38. The average Bonchev–Trinajstić information content (AvgIpc) is 3.01. The SMILES string of the molecule is COc1ccc2c(n1)C(CCCN1CCN(C)CC1)(c1ccccc1F)C(=O)N2. The molecule has 1 amide bonds. The molecule has 2 aromatic rings. The van der Waals surface area contributed by atoms with Gasteiger partial charge in [0, 0.05) is 37.8 Å². The van der Waals surface area contributed by atoms with Crippen LogP contribution in [-0.4, -0.2) is 67.6 Å². The van der Waals surface area contributed by atoms with Gasteiger partial charge < -0.3 is 19.9 Å². The van der Waals surface area contributed by atoms with Crippen molar-refractivity contribution in [3.8, 4) is 5.88 Å². The van der Waals surface area contributed by atoms with E-state index in [0.717, 1.165) is 39.1 Å². The van der Waals surface area contributed by atoms with Crippen LogP contribution in [0.5, 0.6) is 5.88 Å². The number of ether oxygens (including phenoxy) is 1. The molecule has 2 aliphatic rings. The van der Waals surface area contributed by atoms with Crippen LogP contribution in [0, 0.1) is 5.82 Å². The van der Waals surface area contributed by atoms with Gasteiger partial charge in [-0.15, -0.1) is 0 Å². The highest BCUT2D eigenvalue weighted by Crippen LogP contribution is 2.46. The molecule has 0 aliphatic carbocycles. The molecule has 1 aromatic carbocycles. The van der Waals surface area contributed by atoms with Crippen LogP contribution >= 0.6 is 0 Å². The van der Waals surface area contributed by atoms with Gasteiger partial charge in [0.1, 0.15) is 11.2 Å². The number of halogens is 1. The standard InChI is InChI=1S/C22H27FN4O2/c1-26-12-14-27(15-13-26)11-5-10-22(16-6-3-4-7-17(16)23)20-18(24-21(22)28)8-9-19(25-20)29-2/h3-4,6-9H,5,10-15H2,1-2H3,(H,24,28). The number of methoxy groups -OCH3 is 1. The molecular formula is C22H27FN4O2. The van der Waals surface area contributed by atoms with Gasteiger partial charge in [-0.25, -0.2) is 9.37 Å². The number of aromatic nitrogens is 1. The number of pyridine rings is 1. The molecule has 0 bridgehead atoms. The Morgan fingerprint density at radius 2 is 1.93 bits per heavy atom. The van der Waals surface area contributed by atoms with Gasteiger partial charge in [-0.05, 0) is 38.6 Å². The number of anilines is 1. The second kappa shape index (κ2) is 8.08. The lowest BCUT2D eigenvalue weighted by atomic mass is 9.74. The summed E-state index contributed by atoms with van der Waals surface area (Å²) in [6.45, 7) is 4.98. The van der Waals surface area contributed by atoms with E-state index < -0.39 is 5.41 Å². The molecule has 29 heavy (non-hydrogen) atoms. The molecule has 1 fully saturated rings. The van der Waals surface area contributed by atoms with E-state index in [0.29, 0.717) is 29.2 Å². The van der Waals surface area contributed by atoms with Crippen molar-refractivity contribution in [3.05, 3.63) is 53.5 Å². The number of nitrogens with one attached hydrogen (secondary N) is 1. The predicted molar refractivity (Wildman–Crippen MR) is 110 cm³/mol. The minimum atomic E-state index is -1.15. The van der Waals surface area contributed by atoms with E-state index in [4.69, 9.17) is 4.74 Å². The molecule has 0 saturated carbocycles. The van der Waals surface area contributed by atoms with Crippen LogP contribution in [-0.2, 0) is 10.2 Å². The Balaban J connectivity index is 1.67. The van der Waals surface area contributed by atoms with Gasteiger partial charge in [-0.1, -0.05) is 18.2 Å². The van der Waals surface area contributed by atoms with E-state index >= 15 is 0 Å².